The summed E-state index contributed by atoms with van der Waals surface area (Å²) in [6.07, 6.45) is 11.3. The second kappa shape index (κ2) is 9.29. The van der Waals surface area contributed by atoms with E-state index in [0.717, 1.165) is 17.8 Å². The van der Waals surface area contributed by atoms with Crippen molar-refractivity contribution in [3.8, 4) is 0 Å². The molecule has 0 heterocycles. The number of fused-ring (bicyclic) bond motifs is 5. The lowest BCUT2D eigenvalue weighted by Crippen LogP contribution is -2.61. The summed E-state index contributed by atoms with van der Waals surface area (Å²) in [5.41, 5.74) is 1.86. The van der Waals surface area contributed by atoms with Gasteiger partial charge >= 0.3 is 0 Å². The Hall–Kier alpha value is -0.176. The summed E-state index contributed by atoms with van der Waals surface area (Å²) in [4.78, 5) is 5.24. The van der Waals surface area contributed by atoms with Gasteiger partial charge in [-0.1, -0.05) is 19.0 Å². The monoisotopic (exact) mass is 507 g/mol. The molecule has 0 aromatic heterocycles. The van der Waals surface area contributed by atoms with Gasteiger partial charge in [0.15, 0.2) is 16.6 Å². The van der Waals surface area contributed by atoms with Crippen LogP contribution < -0.4 is 0 Å². The second-order valence-corrected chi connectivity index (χ2v) is 23.6. The highest BCUT2D eigenvalue weighted by Gasteiger charge is 2.64. The maximum absolute atomic E-state index is 7.17. The first-order chi connectivity index (χ1) is 15.7. The summed E-state index contributed by atoms with van der Waals surface area (Å²) >= 11 is 0. The minimum absolute atomic E-state index is 0.277. The van der Waals surface area contributed by atoms with E-state index in [-0.39, 0.29) is 5.41 Å². The lowest BCUT2D eigenvalue weighted by molar-refractivity contribution is -0.168. The molecule has 0 saturated heterocycles. The van der Waals surface area contributed by atoms with Crippen molar-refractivity contribution in [1.82, 2.24) is 0 Å². The molecule has 4 nitrogen and oxygen atoms in total. The van der Waals surface area contributed by atoms with Gasteiger partial charge in [-0.05, 0) is 132 Å². The Morgan fingerprint density at radius 3 is 2.15 bits per heavy atom. The fourth-order valence-corrected chi connectivity index (χ4v) is 11.7. The highest BCUT2D eigenvalue weighted by molar-refractivity contribution is 6.70. The standard InChI is InChI=1S/C28H53NO3Si2/c1-19(29-30-4)23-13-14-24-22-12-11-20-17-21(31-33(5,6)7)15-16-27(20,2)26(22)25(18-28(23,24)3)32-34(8,9)10/h20-26H,11-18H2,1-10H3/b29-19+/t20-,21+,22?,23+,24?,25-,26?,27-,28+/m0/s1. The minimum Gasteiger partial charge on any atom is -0.415 e. The van der Waals surface area contributed by atoms with Gasteiger partial charge in [0.1, 0.15) is 7.11 Å². The Bertz CT molecular complexity index is 775. The Kier molecular flexibility index (Phi) is 7.34. The molecule has 6 heteroatoms. The molecule has 3 unspecified atom stereocenters. The first-order valence-corrected chi connectivity index (χ1v) is 20.9. The SMILES string of the molecule is CO/N=C(\C)[C@H]1CCC2C3CC[C@H]4C[C@H](O[Si](C)(C)C)CC[C@]4(C)C3[C@@H](O[Si](C)(C)C)C[C@@]21C. The van der Waals surface area contributed by atoms with Crippen LogP contribution in [0.15, 0.2) is 5.16 Å². The molecule has 4 aliphatic carbocycles. The van der Waals surface area contributed by atoms with Crippen molar-refractivity contribution in [1.29, 1.82) is 0 Å². The summed E-state index contributed by atoms with van der Waals surface area (Å²) in [5, 5.41) is 4.44. The molecule has 0 aromatic carbocycles. The molecule has 34 heavy (non-hydrogen) atoms. The summed E-state index contributed by atoms with van der Waals surface area (Å²) in [6, 6.07) is 0. The van der Waals surface area contributed by atoms with Gasteiger partial charge in [0.05, 0.1) is 5.71 Å². The van der Waals surface area contributed by atoms with Gasteiger partial charge in [0.25, 0.3) is 0 Å². The van der Waals surface area contributed by atoms with Crippen molar-refractivity contribution in [2.45, 2.75) is 124 Å². The van der Waals surface area contributed by atoms with E-state index in [1.807, 2.05) is 0 Å². The molecule has 0 aliphatic heterocycles. The third kappa shape index (κ3) is 4.99. The zero-order valence-corrected chi connectivity index (χ0v) is 25.9. The van der Waals surface area contributed by atoms with Crippen molar-refractivity contribution < 1.29 is 13.7 Å². The molecule has 9 atom stereocenters. The fraction of sp³-hybridized carbons (Fsp3) is 0.964. The lowest BCUT2D eigenvalue weighted by atomic mass is 9.44. The third-order valence-corrected chi connectivity index (χ3v) is 12.3. The van der Waals surface area contributed by atoms with Crippen molar-refractivity contribution in [2.75, 3.05) is 7.11 Å². The molecule has 0 N–H and O–H groups in total. The van der Waals surface area contributed by atoms with Gasteiger partial charge in [0, 0.05) is 18.1 Å². The first kappa shape index (κ1) is 26.9. The van der Waals surface area contributed by atoms with E-state index in [4.69, 9.17) is 13.7 Å². The van der Waals surface area contributed by atoms with Crippen LogP contribution in [0, 0.1) is 40.4 Å². The van der Waals surface area contributed by atoms with Gasteiger partial charge in [-0.25, -0.2) is 0 Å². The number of hydrogen-bond acceptors (Lipinski definition) is 4. The molecular weight excluding hydrogens is 454 g/mol. The average molecular weight is 508 g/mol. The summed E-state index contributed by atoms with van der Waals surface area (Å²) < 4.78 is 13.8. The van der Waals surface area contributed by atoms with E-state index in [0.29, 0.717) is 29.5 Å². The predicted octanol–water partition coefficient (Wildman–Crippen LogP) is 7.72. The maximum atomic E-state index is 7.17. The zero-order valence-electron chi connectivity index (χ0n) is 23.9. The Labute approximate surface area is 212 Å². The quantitative estimate of drug-likeness (QED) is 0.210. The highest BCUT2D eigenvalue weighted by atomic mass is 28.4. The first-order valence-electron chi connectivity index (χ1n) is 14.1. The molecule has 4 aliphatic rings. The zero-order chi connectivity index (χ0) is 25.1. The van der Waals surface area contributed by atoms with Crippen LogP contribution in [0.25, 0.3) is 0 Å². The Morgan fingerprint density at radius 1 is 0.853 bits per heavy atom. The van der Waals surface area contributed by atoms with Crippen LogP contribution in [0.1, 0.15) is 72.1 Å². The van der Waals surface area contributed by atoms with Gasteiger partial charge in [-0.3, -0.25) is 0 Å². The summed E-state index contributed by atoms with van der Waals surface area (Å²) in [6.45, 7) is 21.7. The van der Waals surface area contributed by atoms with Crippen LogP contribution in [0.4, 0.5) is 0 Å². The van der Waals surface area contributed by atoms with Crippen LogP contribution in [0.5, 0.6) is 0 Å². The van der Waals surface area contributed by atoms with E-state index >= 15 is 0 Å². The number of rotatable bonds is 6. The van der Waals surface area contributed by atoms with Gasteiger partial charge in [-0.2, -0.15) is 0 Å². The molecule has 0 radical (unpaired) electrons. The lowest BCUT2D eigenvalue weighted by Gasteiger charge is -2.64. The molecule has 0 amide bonds. The van der Waals surface area contributed by atoms with E-state index in [9.17, 15) is 0 Å². The van der Waals surface area contributed by atoms with Crippen molar-refractivity contribution in [3.63, 3.8) is 0 Å². The van der Waals surface area contributed by atoms with Crippen LogP contribution in [0.3, 0.4) is 0 Å². The van der Waals surface area contributed by atoms with Crippen LogP contribution >= 0.6 is 0 Å². The van der Waals surface area contributed by atoms with Crippen LogP contribution in [0.2, 0.25) is 39.3 Å². The van der Waals surface area contributed by atoms with E-state index in [1.54, 1.807) is 7.11 Å². The van der Waals surface area contributed by atoms with Crippen molar-refractivity contribution in [2.24, 2.45) is 45.6 Å². The van der Waals surface area contributed by atoms with E-state index < -0.39 is 16.6 Å². The second-order valence-electron chi connectivity index (χ2n) is 14.7. The molecule has 4 rings (SSSR count). The maximum Gasteiger partial charge on any atom is 0.184 e. The Morgan fingerprint density at radius 2 is 1.53 bits per heavy atom. The molecule has 0 aromatic rings. The van der Waals surface area contributed by atoms with E-state index in [1.165, 1.54) is 57.1 Å². The number of nitrogens with zero attached hydrogens (tertiary/aromatic N) is 1. The largest absolute Gasteiger partial charge is 0.415 e. The molecule has 4 fully saturated rings. The number of hydrogen-bond donors (Lipinski definition) is 0. The van der Waals surface area contributed by atoms with E-state index in [2.05, 4.69) is 65.2 Å². The van der Waals surface area contributed by atoms with Crippen LogP contribution in [-0.2, 0) is 13.7 Å². The van der Waals surface area contributed by atoms with Crippen molar-refractivity contribution in [3.05, 3.63) is 0 Å². The average Bonchev–Trinajstić information content (AvgIpc) is 3.02. The molecule has 196 valence electrons. The van der Waals surface area contributed by atoms with Crippen molar-refractivity contribution >= 4 is 22.3 Å². The molecule has 4 saturated carbocycles. The fourth-order valence-electron chi connectivity index (χ4n) is 9.37. The third-order valence-electron chi connectivity index (χ3n) is 10.3. The topological polar surface area (TPSA) is 40.0 Å². The normalized spacial score (nSPS) is 45.4. The summed E-state index contributed by atoms with van der Waals surface area (Å²) in [7, 11) is -1.48. The predicted molar refractivity (Wildman–Crippen MR) is 147 cm³/mol. The smallest absolute Gasteiger partial charge is 0.184 e. The molecular formula is C28H53NO3Si2. The van der Waals surface area contributed by atoms with Crippen LogP contribution in [-0.4, -0.2) is 41.7 Å². The Balaban J connectivity index is 1.66. The number of oxime groups is 1. The van der Waals surface area contributed by atoms with Gasteiger partial charge < -0.3 is 13.7 Å². The highest BCUT2D eigenvalue weighted by Crippen LogP contribution is 2.68. The minimum atomic E-state index is -1.67. The molecule has 0 spiro atoms. The van der Waals surface area contributed by atoms with Gasteiger partial charge in [-0.15, -0.1) is 0 Å². The summed E-state index contributed by atoms with van der Waals surface area (Å²) in [5.74, 6) is 3.59. The molecule has 0 bridgehead atoms. The van der Waals surface area contributed by atoms with Gasteiger partial charge in [0.2, 0.25) is 0 Å².